The molecule has 1 aliphatic carbocycles. The first kappa shape index (κ1) is 18.8. The maximum atomic E-state index is 13.0. The summed E-state index contributed by atoms with van der Waals surface area (Å²) in [5.74, 6) is -0.462. The molecule has 0 aliphatic heterocycles. The molecule has 2 aromatic heterocycles. The van der Waals surface area contributed by atoms with Gasteiger partial charge in [-0.2, -0.15) is 0 Å². The molecular weight excluding hydrogens is 377 g/mol. The minimum atomic E-state index is -0.305. The van der Waals surface area contributed by atoms with Crippen LogP contribution in [0.2, 0.25) is 0 Å². The molecule has 0 saturated carbocycles. The van der Waals surface area contributed by atoms with E-state index in [4.69, 9.17) is 0 Å². The Bertz CT molecular complexity index is 1070. The molecule has 2 heterocycles. The van der Waals surface area contributed by atoms with Crippen LogP contribution in [0, 0.1) is 5.82 Å². The van der Waals surface area contributed by atoms with Crippen LogP contribution in [0.1, 0.15) is 48.2 Å². The van der Waals surface area contributed by atoms with Gasteiger partial charge in [0.2, 0.25) is 5.91 Å². The second kappa shape index (κ2) is 7.83. The summed E-state index contributed by atoms with van der Waals surface area (Å²) in [4.78, 5) is 31.8. The van der Waals surface area contributed by atoms with Crippen molar-refractivity contribution < 1.29 is 9.18 Å². The summed E-state index contributed by atoms with van der Waals surface area (Å²) in [6, 6.07) is 5.83. The molecule has 146 valence electrons. The molecular formula is C21H22FN3O2S. The molecule has 28 heavy (non-hydrogen) atoms. The number of nitrogens with one attached hydrogen (secondary N) is 1. The van der Waals surface area contributed by atoms with E-state index >= 15 is 0 Å². The van der Waals surface area contributed by atoms with Crippen LogP contribution in [0.4, 0.5) is 4.39 Å². The first-order valence-electron chi connectivity index (χ1n) is 9.57. The number of halogens is 1. The van der Waals surface area contributed by atoms with Gasteiger partial charge in [-0.1, -0.05) is 12.1 Å². The molecule has 0 radical (unpaired) electrons. The quantitative estimate of drug-likeness (QED) is 0.711. The number of thiophene rings is 1. The highest BCUT2D eigenvalue weighted by Crippen LogP contribution is 2.33. The second-order valence-corrected chi connectivity index (χ2v) is 8.31. The molecule has 3 aromatic rings. The summed E-state index contributed by atoms with van der Waals surface area (Å²) in [6.45, 7) is 2.14. The van der Waals surface area contributed by atoms with E-state index < -0.39 is 0 Å². The van der Waals surface area contributed by atoms with Gasteiger partial charge in [-0.25, -0.2) is 9.37 Å². The molecule has 1 N–H and O–H groups in total. The maximum absolute atomic E-state index is 13.0. The molecule has 1 aliphatic rings. The normalized spacial score (nSPS) is 14.6. The van der Waals surface area contributed by atoms with Gasteiger partial charge in [0, 0.05) is 17.8 Å². The fraction of sp³-hybridized carbons (Fsp3) is 0.381. The van der Waals surface area contributed by atoms with Gasteiger partial charge in [0.05, 0.1) is 17.8 Å². The van der Waals surface area contributed by atoms with E-state index in [0.717, 1.165) is 40.6 Å². The average molecular weight is 399 g/mol. The van der Waals surface area contributed by atoms with E-state index in [-0.39, 0.29) is 36.3 Å². The van der Waals surface area contributed by atoms with Crippen LogP contribution >= 0.6 is 11.3 Å². The Morgan fingerprint density at radius 1 is 1.29 bits per heavy atom. The van der Waals surface area contributed by atoms with Crippen molar-refractivity contribution in [2.45, 2.75) is 51.6 Å². The standard InChI is InChI=1S/C21H22FN3O2S/c1-13(14-6-8-15(22)9-7-14)24-18(26)10-11-25-12-23-20-19(21(25)27)16-4-2-3-5-17(16)28-20/h6-9,12-13H,2-5,10-11H2,1H3,(H,24,26)/t13-/m1/s1. The van der Waals surface area contributed by atoms with E-state index in [9.17, 15) is 14.0 Å². The molecule has 1 amide bonds. The Kier molecular flexibility index (Phi) is 5.26. The van der Waals surface area contributed by atoms with E-state index in [2.05, 4.69) is 10.3 Å². The number of nitrogens with zero attached hydrogens (tertiary/aromatic N) is 2. The van der Waals surface area contributed by atoms with Crippen molar-refractivity contribution in [1.82, 2.24) is 14.9 Å². The molecule has 4 rings (SSSR count). The Labute approximate surface area is 166 Å². The van der Waals surface area contributed by atoms with E-state index in [1.165, 1.54) is 28.0 Å². The fourth-order valence-electron chi connectivity index (χ4n) is 3.71. The molecule has 0 saturated heterocycles. The first-order valence-corrected chi connectivity index (χ1v) is 10.4. The summed E-state index contributed by atoms with van der Waals surface area (Å²) >= 11 is 1.62. The van der Waals surface area contributed by atoms with Crippen LogP contribution in [-0.2, 0) is 24.2 Å². The zero-order valence-corrected chi connectivity index (χ0v) is 16.5. The van der Waals surface area contributed by atoms with Gasteiger partial charge in [-0.05, 0) is 55.9 Å². The Balaban J connectivity index is 1.45. The van der Waals surface area contributed by atoms with Crippen LogP contribution in [0.3, 0.4) is 0 Å². The van der Waals surface area contributed by atoms with Crippen molar-refractivity contribution >= 4 is 27.5 Å². The number of fused-ring (bicyclic) bond motifs is 3. The highest BCUT2D eigenvalue weighted by atomic mass is 32.1. The van der Waals surface area contributed by atoms with Crippen molar-refractivity contribution in [1.29, 1.82) is 0 Å². The van der Waals surface area contributed by atoms with Crippen molar-refractivity contribution in [3.63, 3.8) is 0 Å². The van der Waals surface area contributed by atoms with Crippen LogP contribution < -0.4 is 10.9 Å². The minimum absolute atomic E-state index is 0.0521. The van der Waals surface area contributed by atoms with E-state index in [1.807, 2.05) is 6.92 Å². The first-order chi connectivity index (χ1) is 13.5. The lowest BCUT2D eigenvalue weighted by Crippen LogP contribution is -2.29. The van der Waals surface area contributed by atoms with Gasteiger partial charge in [-0.15, -0.1) is 11.3 Å². The summed E-state index contributed by atoms with van der Waals surface area (Å²) in [7, 11) is 0. The lowest BCUT2D eigenvalue weighted by molar-refractivity contribution is -0.121. The summed E-state index contributed by atoms with van der Waals surface area (Å²) in [5.41, 5.74) is 1.94. The average Bonchev–Trinajstić information content (AvgIpc) is 3.07. The zero-order chi connectivity index (χ0) is 19.7. The smallest absolute Gasteiger partial charge is 0.262 e. The second-order valence-electron chi connectivity index (χ2n) is 7.22. The van der Waals surface area contributed by atoms with Gasteiger partial charge in [0.25, 0.3) is 5.56 Å². The molecule has 0 fully saturated rings. The largest absolute Gasteiger partial charge is 0.350 e. The van der Waals surface area contributed by atoms with Gasteiger partial charge in [0.1, 0.15) is 10.6 Å². The number of hydrogen-bond acceptors (Lipinski definition) is 4. The molecule has 5 nitrogen and oxygen atoms in total. The van der Waals surface area contributed by atoms with Crippen LogP contribution in [0.15, 0.2) is 35.4 Å². The number of hydrogen-bond donors (Lipinski definition) is 1. The number of rotatable bonds is 5. The Hall–Kier alpha value is -2.54. The van der Waals surface area contributed by atoms with Gasteiger partial charge >= 0.3 is 0 Å². The molecule has 7 heteroatoms. The van der Waals surface area contributed by atoms with Crippen LogP contribution in [0.5, 0.6) is 0 Å². The lowest BCUT2D eigenvalue weighted by atomic mass is 9.97. The highest BCUT2D eigenvalue weighted by molar-refractivity contribution is 7.18. The maximum Gasteiger partial charge on any atom is 0.262 e. The Morgan fingerprint density at radius 3 is 2.82 bits per heavy atom. The van der Waals surface area contributed by atoms with Crippen molar-refractivity contribution in [3.05, 3.63) is 62.8 Å². The van der Waals surface area contributed by atoms with E-state index in [1.54, 1.807) is 29.8 Å². The third-order valence-corrected chi connectivity index (χ3v) is 6.47. The monoisotopic (exact) mass is 399 g/mol. The molecule has 1 aromatic carbocycles. The topological polar surface area (TPSA) is 64.0 Å². The third-order valence-electron chi connectivity index (χ3n) is 5.27. The van der Waals surface area contributed by atoms with Crippen molar-refractivity contribution in [3.8, 4) is 0 Å². The molecule has 0 unspecified atom stereocenters. The number of amides is 1. The van der Waals surface area contributed by atoms with Crippen LogP contribution in [-0.4, -0.2) is 15.5 Å². The number of benzene rings is 1. The SMILES string of the molecule is C[C@@H](NC(=O)CCn1cnc2sc3c(c2c1=O)CCCC3)c1ccc(F)cc1. The fourth-order valence-corrected chi connectivity index (χ4v) is 4.93. The summed E-state index contributed by atoms with van der Waals surface area (Å²) in [5, 5.41) is 3.63. The van der Waals surface area contributed by atoms with Gasteiger partial charge in [-0.3, -0.25) is 14.2 Å². The van der Waals surface area contributed by atoms with Gasteiger partial charge < -0.3 is 5.32 Å². The number of carbonyl (C=O) groups is 1. The van der Waals surface area contributed by atoms with E-state index in [0.29, 0.717) is 0 Å². The van der Waals surface area contributed by atoms with Crippen molar-refractivity contribution in [2.75, 3.05) is 0 Å². The lowest BCUT2D eigenvalue weighted by Gasteiger charge is -2.15. The third kappa shape index (κ3) is 3.71. The van der Waals surface area contributed by atoms with Gasteiger partial charge in [0.15, 0.2) is 0 Å². The highest BCUT2D eigenvalue weighted by Gasteiger charge is 2.20. The van der Waals surface area contributed by atoms with Crippen molar-refractivity contribution in [2.24, 2.45) is 0 Å². The predicted molar refractivity (Wildman–Crippen MR) is 108 cm³/mol. The summed E-state index contributed by atoms with van der Waals surface area (Å²) in [6.07, 6.45) is 5.97. The summed E-state index contributed by atoms with van der Waals surface area (Å²) < 4.78 is 14.6. The number of aryl methyl sites for hydroxylation is 3. The molecule has 0 spiro atoms. The molecule has 1 atom stereocenters. The molecule has 0 bridgehead atoms. The Morgan fingerprint density at radius 2 is 2.04 bits per heavy atom. The predicted octanol–water partition coefficient (Wildman–Crippen LogP) is 3.74. The zero-order valence-electron chi connectivity index (χ0n) is 15.7. The number of aromatic nitrogens is 2. The van der Waals surface area contributed by atoms with Crippen LogP contribution in [0.25, 0.3) is 10.2 Å². The number of carbonyl (C=O) groups excluding carboxylic acids is 1. The minimum Gasteiger partial charge on any atom is -0.350 e.